The lowest BCUT2D eigenvalue weighted by Gasteiger charge is -2.20. The van der Waals surface area contributed by atoms with Gasteiger partial charge in [0.15, 0.2) is 0 Å². The van der Waals surface area contributed by atoms with Gasteiger partial charge >= 0.3 is 0 Å². The Morgan fingerprint density at radius 3 is 2.56 bits per heavy atom. The van der Waals surface area contributed by atoms with Crippen LogP contribution in [0.4, 0.5) is 4.39 Å². The molecule has 0 fully saturated rings. The van der Waals surface area contributed by atoms with E-state index in [4.69, 9.17) is 11.6 Å². The van der Waals surface area contributed by atoms with Crippen LogP contribution < -0.4 is 5.32 Å². The highest BCUT2D eigenvalue weighted by molar-refractivity contribution is 9.10. The van der Waals surface area contributed by atoms with Crippen LogP contribution in [-0.4, -0.2) is 7.05 Å². The predicted octanol–water partition coefficient (Wildman–Crippen LogP) is 4.55. The highest BCUT2D eigenvalue weighted by atomic mass is 79.9. The maximum absolute atomic E-state index is 13.9. The minimum absolute atomic E-state index is 0.00519. The van der Waals surface area contributed by atoms with Crippen LogP contribution >= 0.6 is 27.5 Å². The first-order chi connectivity index (χ1) is 7.47. The number of rotatable bonds is 4. The molecule has 0 saturated heterocycles. The van der Waals surface area contributed by atoms with E-state index in [-0.39, 0.29) is 16.9 Å². The van der Waals surface area contributed by atoms with Gasteiger partial charge in [0.05, 0.1) is 5.02 Å². The maximum atomic E-state index is 13.9. The molecule has 1 atom stereocenters. The Balaban J connectivity index is 3.06. The van der Waals surface area contributed by atoms with E-state index in [1.165, 1.54) is 0 Å². The third-order valence-electron chi connectivity index (χ3n) is 2.50. The first-order valence-corrected chi connectivity index (χ1v) is 6.45. The predicted molar refractivity (Wildman–Crippen MR) is 70.4 cm³/mol. The van der Waals surface area contributed by atoms with Gasteiger partial charge in [-0.15, -0.1) is 0 Å². The fourth-order valence-corrected chi connectivity index (χ4v) is 2.16. The molecule has 16 heavy (non-hydrogen) atoms. The third kappa shape index (κ3) is 3.19. The topological polar surface area (TPSA) is 12.0 Å². The van der Waals surface area contributed by atoms with E-state index >= 15 is 0 Å². The largest absolute Gasteiger partial charge is 0.313 e. The van der Waals surface area contributed by atoms with E-state index in [2.05, 4.69) is 35.1 Å². The van der Waals surface area contributed by atoms with Crippen LogP contribution in [0, 0.1) is 11.7 Å². The molecule has 0 aliphatic heterocycles. The molecule has 4 heteroatoms. The summed E-state index contributed by atoms with van der Waals surface area (Å²) in [5, 5.41) is 3.28. The molecule has 0 spiro atoms. The van der Waals surface area contributed by atoms with Crippen molar-refractivity contribution in [3.8, 4) is 0 Å². The van der Waals surface area contributed by atoms with Gasteiger partial charge in [-0.05, 0) is 41.4 Å². The average Bonchev–Trinajstić information content (AvgIpc) is 2.23. The molecule has 1 nitrogen and oxygen atoms in total. The van der Waals surface area contributed by atoms with Crippen molar-refractivity contribution in [2.24, 2.45) is 5.92 Å². The second-order valence-corrected chi connectivity index (χ2v) is 5.47. The smallest absolute Gasteiger partial charge is 0.147 e. The number of benzene rings is 1. The van der Waals surface area contributed by atoms with E-state index < -0.39 is 0 Å². The molecule has 90 valence electrons. The maximum Gasteiger partial charge on any atom is 0.147 e. The normalized spacial score (nSPS) is 13.2. The first-order valence-electron chi connectivity index (χ1n) is 5.28. The highest BCUT2D eigenvalue weighted by Crippen LogP contribution is 2.32. The summed E-state index contributed by atoms with van der Waals surface area (Å²) in [6.07, 6.45) is 0.880. The summed E-state index contributed by atoms with van der Waals surface area (Å²) in [5.41, 5.74) is 0.629. The molecule has 1 aromatic carbocycles. The summed E-state index contributed by atoms with van der Waals surface area (Å²) in [7, 11) is 1.84. The Kier molecular flexibility index (Phi) is 5.22. The standard InChI is InChI=1S/C12H16BrClFN/c1-7(2)6-10(16-3)8-4-5-9(13)11(14)12(8)15/h4-5,7,10,16H,6H2,1-3H3. The lowest BCUT2D eigenvalue weighted by atomic mass is 9.97. The summed E-state index contributed by atoms with van der Waals surface area (Å²) in [6, 6.07) is 3.56. The van der Waals surface area contributed by atoms with Crippen LogP contribution in [0.1, 0.15) is 31.9 Å². The Labute approximate surface area is 110 Å². The van der Waals surface area contributed by atoms with Crippen molar-refractivity contribution in [3.05, 3.63) is 33.0 Å². The molecular weight excluding hydrogens is 292 g/mol. The summed E-state index contributed by atoms with van der Waals surface area (Å²) >= 11 is 9.08. The molecule has 1 aromatic rings. The van der Waals surface area contributed by atoms with Gasteiger partial charge in [-0.3, -0.25) is 0 Å². The fourth-order valence-electron chi connectivity index (χ4n) is 1.68. The van der Waals surface area contributed by atoms with Crippen LogP contribution in [0.3, 0.4) is 0 Å². The van der Waals surface area contributed by atoms with Crippen molar-refractivity contribution < 1.29 is 4.39 Å². The third-order valence-corrected chi connectivity index (χ3v) is 3.75. The van der Waals surface area contributed by atoms with Gasteiger partial charge in [-0.1, -0.05) is 31.5 Å². The molecule has 0 amide bonds. The van der Waals surface area contributed by atoms with E-state index in [9.17, 15) is 4.39 Å². The molecule has 0 heterocycles. The highest BCUT2D eigenvalue weighted by Gasteiger charge is 2.18. The van der Waals surface area contributed by atoms with Gasteiger partial charge in [-0.25, -0.2) is 4.39 Å². The molecule has 0 radical (unpaired) electrons. The molecule has 0 aliphatic carbocycles. The van der Waals surface area contributed by atoms with Gasteiger partial charge in [0.25, 0.3) is 0 Å². The van der Waals surface area contributed by atoms with Crippen molar-refractivity contribution >= 4 is 27.5 Å². The fraction of sp³-hybridized carbons (Fsp3) is 0.500. The minimum Gasteiger partial charge on any atom is -0.313 e. The average molecular weight is 309 g/mol. The quantitative estimate of drug-likeness (QED) is 0.805. The monoisotopic (exact) mass is 307 g/mol. The molecule has 1 unspecified atom stereocenters. The molecular formula is C12H16BrClFN. The van der Waals surface area contributed by atoms with Crippen LogP contribution in [0.25, 0.3) is 0 Å². The van der Waals surface area contributed by atoms with E-state index in [0.29, 0.717) is 16.0 Å². The van der Waals surface area contributed by atoms with Crippen molar-refractivity contribution in [2.45, 2.75) is 26.3 Å². The van der Waals surface area contributed by atoms with Crippen molar-refractivity contribution in [1.82, 2.24) is 5.32 Å². The van der Waals surface area contributed by atoms with Crippen molar-refractivity contribution in [2.75, 3.05) is 7.05 Å². The summed E-state index contributed by atoms with van der Waals surface area (Å²) in [4.78, 5) is 0. The van der Waals surface area contributed by atoms with E-state index in [1.54, 1.807) is 12.1 Å². The van der Waals surface area contributed by atoms with Crippen LogP contribution in [-0.2, 0) is 0 Å². The lowest BCUT2D eigenvalue weighted by molar-refractivity contribution is 0.440. The van der Waals surface area contributed by atoms with Gasteiger partial charge in [0, 0.05) is 16.1 Å². The second kappa shape index (κ2) is 5.99. The van der Waals surface area contributed by atoms with Gasteiger partial charge in [0.1, 0.15) is 5.82 Å². The van der Waals surface area contributed by atoms with Crippen LogP contribution in [0.5, 0.6) is 0 Å². The number of hydrogen-bond donors (Lipinski definition) is 1. The van der Waals surface area contributed by atoms with Crippen molar-refractivity contribution in [3.63, 3.8) is 0 Å². The minimum atomic E-state index is -0.337. The van der Waals surface area contributed by atoms with Crippen LogP contribution in [0.2, 0.25) is 5.02 Å². The number of nitrogens with one attached hydrogen (secondary N) is 1. The molecule has 1 N–H and O–H groups in total. The Morgan fingerprint density at radius 1 is 1.44 bits per heavy atom. The Bertz CT molecular complexity index is 368. The molecule has 0 aromatic heterocycles. The van der Waals surface area contributed by atoms with E-state index in [0.717, 1.165) is 6.42 Å². The lowest BCUT2D eigenvalue weighted by Crippen LogP contribution is -2.19. The Hall–Kier alpha value is -0.120. The zero-order valence-corrected chi connectivity index (χ0v) is 12.0. The summed E-state index contributed by atoms with van der Waals surface area (Å²) in [6.45, 7) is 4.23. The van der Waals surface area contributed by atoms with Crippen LogP contribution in [0.15, 0.2) is 16.6 Å². The van der Waals surface area contributed by atoms with E-state index in [1.807, 2.05) is 7.05 Å². The second-order valence-electron chi connectivity index (χ2n) is 4.24. The Morgan fingerprint density at radius 2 is 2.06 bits per heavy atom. The van der Waals surface area contributed by atoms with Gasteiger partial charge in [0.2, 0.25) is 0 Å². The van der Waals surface area contributed by atoms with Gasteiger partial charge in [-0.2, -0.15) is 0 Å². The zero-order valence-electron chi connectivity index (χ0n) is 9.65. The zero-order chi connectivity index (χ0) is 12.3. The molecule has 0 bridgehead atoms. The summed E-state index contributed by atoms with van der Waals surface area (Å²) < 4.78 is 14.5. The summed E-state index contributed by atoms with van der Waals surface area (Å²) in [5.74, 6) is 0.162. The molecule has 0 saturated carbocycles. The van der Waals surface area contributed by atoms with Crippen molar-refractivity contribution in [1.29, 1.82) is 0 Å². The SMILES string of the molecule is CNC(CC(C)C)c1ccc(Br)c(Cl)c1F. The number of hydrogen-bond acceptors (Lipinski definition) is 1. The molecule has 0 aliphatic rings. The first kappa shape index (κ1) is 13.9. The van der Waals surface area contributed by atoms with Gasteiger partial charge < -0.3 is 5.32 Å². The number of halogens is 3. The molecule has 1 rings (SSSR count).